The van der Waals surface area contributed by atoms with Crippen LogP contribution < -0.4 is 19.5 Å². The van der Waals surface area contributed by atoms with E-state index in [0.717, 1.165) is 17.7 Å². The molecule has 0 aliphatic carbocycles. The number of hydrogen-bond acceptors (Lipinski definition) is 4. The number of carbonyl (C=O) groups is 1. The van der Waals surface area contributed by atoms with Crippen LogP contribution in [0.2, 0.25) is 0 Å². The normalized spacial score (nSPS) is 12.9. The van der Waals surface area contributed by atoms with E-state index in [1.807, 2.05) is 49.4 Å². The highest BCUT2D eigenvalue weighted by Crippen LogP contribution is 2.25. The third-order valence-electron chi connectivity index (χ3n) is 4.52. The van der Waals surface area contributed by atoms with E-state index in [9.17, 15) is 4.79 Å². The molecule has 5 heteroatoms. The van der Waals surface area contributed by atoms with Gasteiger partial charge in [-0.15, -0.1) is 0 Å². The summed E-state index contributed by atoms with van der Waals surface area (Å²) in [6.07, 6.45) is 0.841. The van der Waals surface area contributed by atoms with E-state index in [-0.39, 0.29) is 11.9 Å². The Morgan fingerprint density at radius 2 is 1.61 bits per heavy atom. The van der Waals surface area contributed by atoms with Crippen molar-refractivity contribution in [3.05, 3.63) is 54.1 Å². The molecule has 0 aliphatic rings. The molecule has 0 aromatic heterocycles. The third-order valence-corrected chi connectivity index (χ3v) is 4.52. The first-order valence-electron chi connectivity index (χ1n) is 9.71. The van der Waals surface area contributed by atoms with Gasteiger partial charge in [-0.3, -0.25) is 4.79 Å². The molecule has 0 aliphatic heterocycles. The molecule has 28 heavy (non-hydrogen) atoms. The fraction of sp³-hybridized carbons (Fsp3) is 0.435. The fourth-order valence-corrected chi connectivity index (χ4v) is 3.01. The molecule has 0 saturated carbocycles. The van der Waals surface area contributed by atoms with Crippen molar-refractivity contribution in [3.8, 4) is 17.2 Å². The Morgan fingerprint density at radius 1 is 0.964 bits per heavy atom. The Labute approximate surface area is 168 Å². The van der Waals surface area contributed by atoms with Crippen molar-refractivity contribution in [2.45, 2.75) is 45.8 Å². The minimum Gasteiger partial charge on any atom is -0.497 e. The summed E-state index contributed by atoms with van der Waals surface area (Å²) < 4.78 is 16.4. The zero-order valence-electron chi connectivity index (χ0n) is 17.4. The van der Waals surface area contributed by atoms with Crippen LogP contribution in [-0.2, 0) is 4.79 Å². The highest BCUT2D eigenvalue weighted by molar-refractivity contribution is 5.81. The lowest BCUT2D eigenvalue weighted by Gasteiger charge is -2.25. The van der Waals surface area contributed by atoms with Crippen molar-refractivity contribution < 1.29 is 19.0 Å². The highest BCUT2D eigenvalue weighted by Gasteiger charge is 2.23. The zero-order valence-corrected chi connectivity index (χ0v) is 17.4. The summed E-state index contributed by atoms with van der Waals surface area (Å²) >= 11 is 0. The standard InChI is InChI=1S/C23H31NO4/c1-6-22(28-20-9-7-8-19(15-20)27-5)23(25)24-21(14-16(2)3)17-10-12-18(26-4)13-11-17/h7-13,15-16,21-22H,6,14H2,1-5H3,(H,24,25)/t21-,22+/m1/s1. The predicted molar refractivity (Wildman–Crippen MR) is 111 cm³/mol. The van der Waals surface area contributed by atoms with Crippen LogP contribution in [0.1, 0.15) is 45.2 Å². The Morgan fingerprint density at radius 3 is 2.18 bits per heavy atom. The molecule has 0 spiro atoms. The van der Waals surface area contributed by atoms with Gasteiger partial charge in [-0.05, 0) is 48.6 Å². The minimum atomic E-state index is -0.569. The number of methoxy groups -OCH3 is 2. The molecule has 0 fully saturated rings. The summed E-state index contributed by atoms with van der Waals surface area (Å²) in [4.78, 5) is 12.9. The van der Waals surface area contributed by atoms with Gasteiger partial charge in [-0.2, -0.15) is 0 Å². The number of ether oxygens (including phenoxy) is 3. The molecule has 1 amide bonds. The Balaban J connectivity index is 2.12. The quantitative estimate of drug-likeness (QED) is 0.640. The molecule has 0 saturated heterocycles. The Bertz CT molecular complexity index is 743. The van der Waals surface area contributed by atoms with Gasteiger partial charge in [0.25, 0.3) is 5.91 Å². The van der Waals surface area contributed by atoms with Gasteiger partial charge in [0, 0.05) is 6.07 Å². The van der Waals surface area contributed by atoms with Crippen molar-refractivity contribution in [1.29, 1.82) is 0 Å². The number of hydrogen-bond donors (Lipinski definition) is 1. The third kappa shape index (κ3) is 6.19. The van der Waals surface area contributed by atoms with E-state index in [0.29, 0.717) is 23.8 Å². The van der Waals surface area contributed by atoms with Gasteiger partial charge in [0.2, 0.25) is 0 Å². The number of carbonyl (C=O) groups excluding carboxylic acids is 1. The van der Waals surface area contributed by atoms with E-state index < -0.39 is 6.10 Å². The molecule has 0 bridgehead atoms. The summed E-state index contributed by atoms with van der Waals surface area (Å²) in [7, 11) is 3.25. The summed E-state index contributed by atoms with van der Waals surface area (Å²) in [6, 6.07) is 15.0. The van der Waals surface area contributed by atoms with E-state index in [2.05, 4.69) is 19.2 Å². The second kappa shape index (κ2) is 10.6. The van der Waals surface area contributed by atoms with Gasteiger partial charge in [-0.25, -0.2) is 0 Å². The summed E-state index contributed by atoms with van der Waals surface area (Å²) in [5.74, 6) is 2.43. The van der Waals surface area contributed by atoms with Crippen LogP contribution in [0, 0.1) is 5.92 Å². The van der Waals surface area contributed by atoms with Crippen LogP contribution in [-0.4, -0.2) is 26.2 Å². The van der Waals surface area contributed by atoms with Crippen LogP contribution in [0.25, 0.3) is 0 Å². The smallest absolute Gasteiger partial charge is 0.261 e. The maximum atomic E-state index is 12.9. The number of rotatable bonds is 10. The maximum Gasteiger partial charge on any atom is 0.261 e. The van der Waals surface area contributed by atoms with Crippen LogP contribution in [0.5, 0.6) is 17.2 Å². The topological polar surface area (TPSA) is 56.8 Å². The van der Waals surface area contributed by atoms with Gasteiger partial charge >= 0.3 is 0 Å². The van der Waals surface area contributed by atoms with Gasteiger partial charge in [0.15, 0.2) is 6.10 Å². The van der Waals surface area contributed by atoms with Crippen LogP contribution in [0.15, 0.2) is 48.5 Å². The largest absolute Gasteiger partial charge is 0.497 e. The molecule has 2 rings (SSSR count). The second-order valence-electron chi connectivity index (χ2n) is 7.16. The Hall–Kier alpha value is -2.69. The summed E-state index contributed by atoms with van der Waals surface area (Å²) in [6.45, 7) is 6.23. The van der Waals surface area contributed by atoms with Gasteiger partial charge in [-0.1, -0.05) is 39.0 Å². The Kier molecular flexibility index (Phi) is 8.18. The van der Waals surface area contributed by atoms with Crippen LogP contribution in [0.4, 0.5) is 0 Å². The van der Waals surface area contributed by atoms with Gasteiger partial charge in [0.1, 0.15) is 17.2 Å². The van der Waals surface area contributed by atoms with Gasteiger partial charge < -0.3 is 19.5 Å². The fourth-order valence-electron chi connectivity index (χ4n) is 3.01. The molecule has 152 valence electrons. The average Bonchev–Trinajstić information content (AvgIpc) is 2.71. The number of nitrogens with one attached hydrogen (secondary N) is 1. The van der Waals surface area contributed by atoms with Gasteiger partial charge in [0.05, 0.1) is 20.3 Å². The molecule has 2 aromatic carbocycles. The van der Waals surface area contributed by atoms with E-state index in [1.54, 1.807) is 20.3 Å². The van der Waals surface area contributed by atoms with Crippen LogP contribution in [0.3, 0.4) is 0 Å². The molecule has 5 nitrogen and oxygen atoms in total. The second-order valence-corrected chi connectivity index (χ2v) is 7.16. The maximum absolute atomic E-state index is 12.9. The minimum absolute atomic E-state index is 0.0821. The zero-order chi connectivity index (χ0) is 20.5. The predicted octanol–water partition coefficient (Wildman–Crippen LogP) is 4.76. The summed E-state index contributed by atoms with van der Waals surface area (Å²) in [5, 5.41) is 3.17. The molecular formula is C23H31NO4. The van der Waals surface area contributed by atoms with E-state index in [4.69, 9.17) is 14.2 Å². The molecular weight excluding hydrogens is 354 g/mol. The first-order valence-corrected chi connectivity index (χ1v) is 9.71. The molecule has 0 heterocycles. The first kappa shape index (κ1) is 21.6. The number of amides is 1. The van der Waals surface area contributed by atoms with Crippen LogP contribution >= 0.6 is 0 Å². The molecule has 2 atom stereocenters. The lowest BCUT2D eigenvalue weighted by molar-refractivity contribution is -0.129. The van der Waals surface area contributed by atoms with Crippen molar-refractivity contribution in [1.82, 2.24) is 5.32 Å². The molecule has 2 aromatic rings. The lowest BCUT2D eigenvalue weighted by Crippen LogP contribution is -2.40. The van der Waals surface area contributed by atoms with E-state index >= 15 is 0 Å². The SMILES string of the molecule is CC[C@H](Oc1cccc(OC)c1)C(=O)N[C@H](CC(C)C)c1ccc(OC)cc1. The summed E-state index contributed by atoms with van der Waals surface area (Å²) in [5.41, 5.74) is 1.05. The highest BCUT2D eigenvalue weighted by atomic mass is 16.5. The average molecular weight is 386 g/mol. The first-order chi connectivity index (χ1) is 13.5. The van der Waals surface area contributed by atoms with Crippen molar-refractivity contribution in [2.75, 3.05) is 14.2 Å². The number of benzene rings is 2. The van der Waals surface area contributed by atoms with Crippen molar-refractivity contribution >= 4 is 5.91 Å². The lowest BCUT2D eigenvalue weighted by atomic mass is 9.96. The van der Waals surface area contributed by atoms with Crippen molar-refractivity contribution in [2.24, 2.45) is 5.92 Å². The molecule has 0 radical (unpaired) electrons. The molecule has 1 N–H and O–H groups in total. The monoisotopic (exact) mass is 385 g/mol. The van der Waals surface area contributed by atoms with Crippen molar-refractivity contribution in [3.63, 3.8) is 0 Å². The van der Waals surface area contributed by atoms with E-state index in [1.165, 1.54) is 0 Å². The molecule has 0 unspecified atom stereocenters.